The second-order valence-electron chi connectivity index (χ2n) is 4.90. The zero-order valence-electron chi connectivity index (χ0n) is 13.8. The minimum atomic E-state index is -0.132. The SMILES string of the molecule is COc1ccc(C(=O)/C=C/c2ccc(OCC#N)c(OC)c2)cc1Br. The number of nitrogens with zero attached hydrogens (tertiary/aromatic N) is 1. The summed E-state index contributed by atoms with van der Waals surface area (Å²) >= 11 is 3.36. The van der Waals surface area contributed by atoms with Crippen LogP contribution in [0.15, 0.2) is 46.9 Å². The van der Waals surface area contributed by atoms with Crippen LogP contribution in [-0.4, -0.2) is 26.6 Å². The molecule has 0 bridgehead atoms. The smallest absolute Gasteiger partial charge is 0.185 e. The Morgan fingerprint density at radius 2 is 1.84 bits per heavy atom. The largest absolute Gasteiger partial charge is 0.496 e. The summed E-state index contributed by atoms with van der Waals surface area (Å²) in [6.07, 6.45) is 3.18. The lowest BCUT2D eigenvalue weighted by Crippen LogP contribution is -1.97. The van der Waals surface area contributed by atoms with Crippen LogP contribution in [0.3, 0.4) is 0 Å². The molecule has 0 aliphatic heterocycles. The normalized spacial score (nSPS) is 10.3. The van der Waals surface area contributed by atoms with Crippen molar-refractivity contribution in [1.29, 1.82) is 5.26 Å². The maximum Gasteiger partial charge on any atom is 0.185 e. The van der Waals surface area contributed by atoms with E-state index in [1.165, 1.54) is 13.2 Å². The summed E-state index contributed by atoms with van der Waals surface area (Å²) in [5.41, 5.74) is 1.33. The molecule has 0 aromatic heterocycles. The number of benzene rings is 2. The topological polar surface area (TPSA) is 68.5 Å². The summed E-state index contributed by atoms with van der Waals surface area (Å²) in [5.74, 6) is 1.51. The molecule has 0 N–H and O–H groups in total. The number of hydrogen-bond acceptors (Lipinski definition) is 5. The number of ether oxygens (including phenoxy) is 3. The number of carbonyl (C=O) groups is 1. The van der Waals surface area contributed by atoms with E-state index < -0.39 is 0 Å². The van der Waals surface area contributed by atoms with E-state index in [0.717, 1.165) is 10.0 Å². The van der Waals surface area contributed by atoms with Crippen molar-refractivity contribution < 1.29 is 19.0 Å². The molecule has 0 spiro atoms. The Kier molecular flexibility index (Phi) is 6.61. The predicted octanol–water partition coefficient (Wildman–Crippen LogP) is 4.26. The van der Waals surface area contributed by atoms with Gasteiger partial charge in [-0.25, -0.2) is 0 Å². The number of carbonyl (C=O) groups excluding carboxylic acids is 1. The lowest BCUT2D eigenvalue weighted by Gasteiger charge is -2.08. The lowest BCUT2D eigenvalue weighted by molar-refractivity contribution is 0.104. The molecule has 0 aliphatic rings. The molecule has 5 nitrogen and oxygen atoms in total. The Balaban J connectivity index is 2.16. The van der Waals surface area contributed by atoms with E-state index >= 15 is 0 Å². The molecule has 2 aromatic carbocycles. The van der Waals surface area contributed by atoms with E-state index in [1.807, 2.05) is 6.07 Å². The van der Waals surface area contributed by atoms with Gasteiger partial charge in [-0.2, -0.15) is 5.26 Å². The lowest BCUT2D eigenvalue weighted by atomic mass is 10.1. The summed E-state index contributed by atoms with van der Waals surface area (Å²) in [7, 11) is 3.08. The molecule has 0 saturated carbocycles. The summed E-state index contributed by atoms with van der Waals surface area (Å²) in [5, 5.41) is 8.58. The van der Waals surface area contributed by atoms with Gasteiger partial charge in [-0.15, -0.1) is 0 Å². The van der Waals surface area contributed by atoms with Crippen LogP contribution in [0.2, 0.25) is 0 Å². The van der Waals surface area contributed by atoms with Crippen LogP contribution in [0, 0.1) is 11.3 Å². The molecular weight excluding hydrogens is 386 g/mol. The molecule has 0 unspecified atom stereocenters. The number of hydrogen-bond donors (Lipinski definition) is 0. The molecule has 25 heavy (non-hydrogen) atoms. The van der Waals surface area contributed by atoms with Crippen molar-refractivity contribution in [2.75, 3.05) is 20.8 Å². The number of methoxy groups -OCH3 is 2. The van der Waals surface area contributed by atoms with Gasteiger partial charge in [0.15, 0.2) is 23.9 Å². The molecule has 0 fully saturated rings. The van der Waals surface area contributed by atoms with Gasteiger partial charge in [0, 0.05) is 5.56 Å². The summed E-state index contributed by atoms with van der Waals surface area (Å²) in [6, 6.07) is 12.3. The number of allylic oxidation sites excluding steroid dienone is 1. The average molecular weight is 402 g/mol. The quantitative estimate of drug-likeness (QED) is 0.511. The van der Waals surface area contributed by atoms with Crippen LogP contribution in [0.4, 0.5) is 0 Å². The zero-order valence-corrected chi connectivity index (χ0v) is 15.4. The monoisotopic (exact) mass is 401 g/mol. The highest BCUT2D eigenvalue weighted by molar-refractivity contribution is 9.10. The van der Waals surface area contributed by atoms with E-state index in [1.54, 1.807) is 49.6 Å². The van der Waals surface area contributed by atoms with E-state index in [-0.39, 0.29) is 12.4 Å². The number of nitriles is 1. The van der Waals surface area contributed by atoms with E-state index in [2.05, 4.69) is 15.9 Å². The van der Waals surface area contributed by atoms with Crippen LogP contribution < -0.4 is 14.2 Å². The van der Waals surface area contributed by atoms with Gasteiger partial charge >= 0.3 is 0 Å². The van der Waals surface area contributed by atoms with Gasteiger partial charge in [0.2, 0.25) is 0 Å². The highest BCUT2D eigenvalue weighted by Crippen LogP contribution is 2.29. The zero-order chi connectivity index (χ0) is 18.2. The second kappa shape index (κ2) is 8.90. The van der Waals surface area contributed by atoms with Gasteiger partial charge in [-0.1, -0.05) is 12.1 Å². The first-order valence-corrected chi connectivity index (χ1v) is 8.12. The van der Waals surface area contributed by atoms with Crippen molar-refractivity contribution in [2.24, 2.45) is 0 Å². The Bertz CT molecular complexity index is 840. The Morgan fingerprint density at radius 1 is 1.12 bits per heavy atom. The van der Waals surface area contributed by atoms with E-state index in [4.69, 9.17) is 19.5 Å². The van der Waals surface area contributed by atoms with Crippen molar-refractivity contribution in [1.82, 2.24) is 0 Å². The number of rotatable bonds is 7. The Hall–Kier alpha value is -2.78. The van der Waals surface area contributed by atoms with Crippen LogP contribution in [0.1, 0.15) is 15.9 Å². The highest BCUT2D eigenvalue weighted by Gasteiger charge is 2.07. The first-order chi connectivity index (χ1) is 12.1. The van der Waals surface area contributed by atoms with Crippen LogP contribution in [0.5, 0.6) is 17.2 Å². The number of halogens is 1. The molecule has 0 heterocycles. The minimum Gasteiger partial charge on any atom is -0.496 e. The fourth-order valence-electron chi connectivity index (χ4n) is 2.10. The summed E-state index contributed by atoms with van der Waals surface area (Å²) in [6.45, 7) is -0.0591. The van der Waals surface area contributed by atoms with Gasteiger partial charge in [0.1, 0.15) is 11.8 Å². The van der Waals surface area contributed by atoms with E-state index in [9.17, 15) is 4.79 Å². The molecule has 0 amide bonds. The van der Waals surface area contributed by atoms with Crippen molar-refractivity contribution in [2.45, 2.75) is 0 Å². The fraction of sp³-hybridized carbons (Fsp3) is 0.158. The van der Waals surface area contributed by atoms with Crippen LogP contribution in [0.25, 0.3) is 6.08 Å². The van der Waals surface area contributed by atoms with Crippen molar-refractivity contribution in [3.8, 4) is 23.3 Å². The van der Waals surface area contributed by atoms with Crippen LogP contribution in [-0.2, 0) is 0 Å². The first kappa shape index (κ1) is 18.6. The molecule has 2 rings (SSSR count). The first-order valence-electron chi connectivity index (χ1n) is 7.32. The minimum absolute atomic E-state index is 0.0591. The van der Waals surface area contributed by atoms with Crippen LogP contribution >= 0.6 is 15.9 Å². The Labute approximate surface area is 154 Å². The van der Waals surface area contributed by atoms with Gasteiger partial charge in [0.05, 0.1) is 18.7 Å². The second-order valence-corrected chi connectivity index (χ2v) is 5.76. The molecule has 0 saturated heterocycles. The third kappa shape index (κ3) is 4.85. The Morgan fingerprint density at radius 3 is 2.48 bits per heavy atom. The highest BCUT2D eigenvalue weighted by atomic mass is 79.9. The molecule has 0 aliphatic carbocycles. The molecular formula is C19H16BrNO4. The third-order valence-corrected chi connectivity index (χ3v) is 3.96. The van der Waals surface area contributed by atoms with Gasteiger partial charge in [-0.05, 0) is 57.9 Å². The molecule has 0 radical (unpaired) electrons. The molecule has 0 atom stereocenters. The van der Waals surface area contributed by atoms with Crippen molar-refractivity contribution >= 4 is 27.8 Å². The van der Waals surface area contributed by atoms with E-state index in [0.29, 0.717) is 22.8 Å². The van der Waals surface area contributed by atoms with Gasteiger partial charge < -0.3 is 14.2 Å². The molecule has 6 heteroatoms. The fourth-order valence-corrected chi connectivity index (χ4v) is 2.65. The summed E-state index contributed by atoms with van der Waals surface area (Å²) < 4.78 is 16.4. The van der Waals surface area contributed by atoms with Crippen molar-refractivity contribution in [3.05, 3.63) is 58.1 Å². The van der Waals surface area contributed by atoms with Gasteiger partial charge in [0.25, 0.3) is 0 Å². The predicted molar refractivity (Wildman–Crippen MR) is 98.2 cm³/mol. The van der Waals surface area contributed by atoms with Gasteiger partial charge in [-0.3, -0.25) is 4.79 Å². The standard InChI is InChI=1S/C19H16BrNO4/c1-23-17-8-5-14(12-15(17)20)16(22)6-3-13-4-7-18(25-10-9-21)19(11-13)24-2/h3-8,11-12H,10H2,1-2H3/b6-3+. The maximum absolute atomic E-state index is 12.3. The maximum atomic E-state index is 12.3. The van der Waals surface area contributed by atoms with Crippen molar-refractivity contribution in [3.63, 3.8) is 0 Å². The summed E-state index contributed by atoms with van der Waals surface area (Å²) in [4.78, 5) is 12.3. The molecule has 2 aromatic rings. The average Bonchev–Trinajstić information content (AvgIpc) is 2.64. The third-order valence-electron chi connectivity index (χ3n) is 3.34. The molecule has 128 valence electrons. The number of ketones is 1.